The predicted molar refractivity (Wildman–Crippen MR) is 107 cm³/mol. The molecule has 0 atom stereocenters. The first-order valence-electron chi connectivity index (χ1n) is 9.21. The number of anilines is 1. The number of oxazole rings is 1. The number of nitriles is 1. The third kappa shape index (κ3) is 3.25. The lowest BCUT2D eigenvalue weighted by Crippen LogP contribution is -2.49. The van der Waals surface area contributed by atoms with Crippen LogP contribution >= 0.6 is 11.3 Å². The molecule has 0 spiro atoms. The average molecular weight is 421 g/mol. The number of nitrogens with zero attached hydrogens (tertiary/aromatic N) is 5. The van der Waals surface area contributed by atoms with E-state index in [1.165, 1.54) is 17.6 Å². The van der Waals surface area contributed by atoms with Crippen molar-refractivity contribution in [2.45, 2.75) is 0 Å². The van der Waals surface area contributed by atoms with Gasteiger partial charge in [-0.3, -0.25) is 4.79 Å². The monoisotopic (exact) mass is 421 g/mol. The second-order valence-corrected chi connectivity index (χ2v) is 7.41. The Hall–Kier alpha value is -3.84. The SMILES string of the molecule is N#Cc1nc(-c2ccco2)oc1N1CCN(C(=O)c2csc(-c3ccco3)n2)CC1. The van der Waals surface area contributed by atoms with Crippen molar-refractivity contribution in [3.8, 4) is 28.5 Å². The molecule has 5 heterocycles. The van der Waals surface area contributed by atoms with Crippen LogP contribution in [-0.4, -0.2) is 47.0 Å². The summed E-state index contributed by atoms with van der Waals surface area (Å²) in [4.78, 5) is 25.1. The van der Waals surface area contributed by atoms with Crippen molar-refractivity contribution in [1.29, 1.82) is 5.26 Å². The molecule has 0 N–H and O–H groups in total. The minimum atomic E-state index is -0.127. The van der Waals surface area contributed by atoms with Gasteiger partial charge in [0.05, 0.1) is 12.5 Å². The average Bonchev–Trinajstić information content (AvgIpc) is 3.58. The molecular weight excluding hydrogens is 406 g/mol. The quantitative estimate of drug-likeness (QED) is 0.492. The zero-order valence-electron chi connectivity index (χ0n) is 15.6. The van der Waals surface area contributed by atoms with E-state index in [1.54, 1.807) is 34.7 Å². The molecule has 4 aromatic rings. The van der Waals surface area contributed by atoms with E-state index in [2.05, 4.69) is 16.0 Å². The molecule has 1 aliphatic heterocycles. The third-order valence-corrected chi connectivity index (χ3v) is 5.61. The van der Waals surface area contributed by atoms with Crippen LogP contribution in [0.25, 0.3) is 22.4 Å². The minimum absolute atomic E-state index is 0.127. The van der Waals surface area contributed by atoms with Gasteiger partial charge in [-0.05, 0) is 24.3 Å². The van der Waals surface area contributed by atoms with Crippen LogP contribution in [0.3, 0.4) is 0 Å². The summed E-state index contributed by atoms with van der Waals surface area (Å²) in [5.41, 5.74) is 0.598. The fraction of sp³-hybridized carbons (Fsp3) is 0.200. The van der Waals surface area contributed by atoms with Crippen molar-refractivity contribution in [3.63, 3.8) is 0 Å². The first-order chi connectivity index (χ1) is 14.7. The van der Waals surface area contributed by atoms with E-state index in [4.69, 9.17) is 13.3 Å². The maximum atomic E-state index is 12.8. The number of hydrogen-bond acceptors (Lipinski definition) is 9. The molecular formula is C20H15N5O4S. The lowest BCUT2D eigenvalue weighted by molar-refractivity contribution is 0.0740. The second-order valence-electron chi connectivity index (χ2n) is 6.56. The van der Waals surface area contributed by atoms with E-state index in [1.807, 2.05) is 11.0 Å². The molecule has 4 aromatic heterocycles. The van der Waals surface area contributed by atoms with Gasteiger partial charge in [-0.1, -0.05) is 0 Å². The van der Waals surface area contributed by atoms with Crippen molar-refractivity contribution in [2.75, 3.05) is 31.1 Å². The molecule has 5 rings (SSSR count). The van der Waals surface area contributed by atoms with Crippen LogP contribution in [0.5, 0.6) is 0 Å². The third-order valence-electron chi connectivity index (χ3n) is 4.76. The largest absolute Gasteiger partial charge is 0.462 e. The molecule has 150 valence electrons. The Morgan fingerprint density at radius 1 is 1.07 bits per heavy atom. The number of thiazole rings is 1. The fourth-order valence-corrected chi connectivity index (χ4v) is 4.03. The molecule has 0 unspecified atom stereocenters. The van der Waals surface area contributed by atoms with E-state index in [0.29, 0.717) is 54.3 Å². The van der Waals surface area contributed by atoms with E-state index in [9.17, 15) is 10.1 Å². The van der Waals surface area contributed by atoms with Crippen LogP contribution in [0.2, 0.25) is 0 Å². The van der Waals surface area contributed by atoms with Gasteiger partial charge in [0, 0.05) is 31.6 Å². The number of carbonyl (C=O) groups is 1. The van der Waals surface area contributed by atoms with Gasteiger partial charge in [0.25, 0.3) is 11.8 Å². The molecule has 9 nitrogen and oxygen atoms in total. The maximum absolute atomic E-state index is 12.8. The molecule has 30 heavy (non-hydrogen) atoms. The van der Waals surface area contributed by atoms with Crippen LogP contribution in [0.4, 0.5) is 5.88 Å². The Morgan fingerprint density at radius 2 is 1.80 bits per heavy atom. The highest BCUT2D eigenvalue weighted by molar-refractivity contribution is 7.13. The van der Waals surface area contributed by atoms with E-state index in [-0.39, 0.29) is 17.5 Å². The van der Waals surface area contributed by atoms with Gasteiger partial charge in [0.15, 0.2) is 16.5 Å². The molecule has 1 saturated heterocycles. The van der Waals surface area contributed by atoms with Gasteiger partial charge in [-0.15, -0.1) is 11.3 Å². The lowest BCUT2D eigenvalue weighted by Gasteiger charge is -2.34. The Kier molecular flexibility index (Phi) is 4.57. The summed E-state index contributed by atoms with van der Waals surface area (Å²) in [5, 5.41) is 11.8. The van der Waals surface area contributed by atoms with Gasteiger partial charge in [-0.25, -0.2) is 4.98 Å². The summed E-state index contributed by atoms with van der Waals surface area (Å²) in [5.74, 6) is 1.63. The molecule has 1 fully saturated rings. The smallest absolute Gasteiger partial charge is 0.273 e. The van der Waals surface area contributed by atoms with Gasteiger partial charge in [0.2, 0.25) is 11.6 Å². The zero-order chi connectivity index (χ0) is 20.5. The summed E-state index contributed by atoms with van der Waals surface area (Å²) in [6, 6.07) is 9.11. The Labute approximate surface area is 174 Å². The van der Waals surface area contributed by atoms with Crippen LogP contribution in [0.1, 0.15) is 16.2 Å². The number of piperazine rings is 1. The second kappa shape index (κ2) is 7.53. The van der Waals surface area contributed by atoms with Crippen molar-refractivity contribution in [1.82, 2.24) is 14.9 Å². The standard InChI is InChI=1S/C20H15N5O4S/c21-11-13-20(29-17(22-13)15-3-1-9-27-15)25-7-5-24(6-8-25)19(26)14-12-30-18(23-14)16-4-2-10-28-16/h1-4,9-10,12H,5-8H2. The molecule has 1 amide bonds. The number of aromatic nitrogens is 2. The van der Waals surface area contributed by atoms with E-state index in [0.717, 1.165) is 0 Å². The van der Waals surface area contributed by atoms with Gasteiger partial charge < -0.3 is 23.1 Å². The number of furan rings is 2. The number of carbonyl (C=O) groups excluding carboxylic acids is 1. The van der Waals surface area contributed by atoms with Gasteiger partial charge in [-0.2, -0.15) is 10.2 Å². The summed E-state index contributed by atoms with van der Waals surface area (Å²) in [6.07, 6.45) is 3.10. The summed E-state index contributed by atoms with van der Waals surface area (Å²) in [7, 11) is 0. The normalized spacial score (nSPS) is 14.1. The Morgan fingerprint density at radius 3 is 2.47 bits per heavy atom. The lowest BCUT2D eigenvalue weighted by atomic mass is 10.2. The van der Waals surface area contributed by atoms with Crippen LogP contribution < -0.4 is 4.90 Å². The molecule has 0 saturated carbocycles. The van der Waals surface area contributed by atoms with Crippen LogP contribution in [-0.2, 0) is 0 Å². The van der Waals surface area contributed by atoms with Crippen molar-refractivity contribution >= 4 is 23.1 Å². The van der Waals surface area contributed by atoms with Crippen molar-refractivity contribution in [3.05, 3.63) is 53.6 Å². The molecule has 1 aliphatic rings. The highest BCUT2D eigenvalue weighted by atomic mass is 32.1. The molecule has 0 aromatic carbocycles. The molecule has 0 aliphatic carbocycles. The topological polar surface area (TPSA) is 113 Å². The summed E-state index contributed by atoms with van der Waals surface area (Å²) < 4.78 is 16.4. The number of amides is 1. The highest BCUT2D eigenvalue weighted by Gasteiger charge is 2.28. The zero-order valence-corrected chi connectivity index (χ0v) is 16.5. The molecule has 0 bridgehead atoms. The van der Waals surface area contributed by atoms with E-state index < -0.39 is 0 Å². The van der Waals surface area contributed by atoms with Crippen molar-refractivity contribution in [2.24, 2.45) is 0 Å². The minimum Gasteiger partial charge on any atom is -0.462 e. The highest BCUT2D eigenvalue weighted by Crippen LogP contribution is 2.29. The molecule has 10 heteroatoms. The first kappa shape index (κ1) is 18.2. The number of hydrogen-bond donors (Lipinski definition) is 0. The van der Waals surface area contributed by atoms with Gasteiger partial charge in [0.1, 0.15) is 11.8 Å². The van der Waals surface area contributed by atoms with Crippen LogP contribution in [0.15, 0.2) is 55.4 Å². The summed E-state index contributed by atoms with van der Waals surface area (Å²) in [6.45, 7) is 1.99. The van der Waals surface area contributed by atoms with Gasteiger partial charge >= 0.3 is 0 Å². The molecule has 0 radical (unpaired) electrons. The summed E-state index contributed by atoms with van der Waals surface area (Å²) >= 11 is 1.37. The Balaban J connectivity index is 1.28. The Bertz CT molecular complexity index is 1190. The van der Waals surface area contributed by atoms with Crippen molar-refractivity contribution < 1.29 is 18.0 Å². The fourth-order valence-electron chi connectivity index (χ4n) is 3.26. The first-order valence-corrected chi connectivity index (χ1v) is 10.1. The number of rotatable bonds is 4. The predicted octanol–water partition coefficient (Wildman–Crippen LogP) is 3.49. The maximum Gasteiger partial charge on any atom is 0.273 e. The van der Waals surface area contributed by atoms with E-state index >= 15 is 0 Å². The van der Waals surface area contributed by atoms with Crippen LogP contribution in [0, 0.1) is 11.3 Å².